The Kier molecular flexibility index (Phi) is 6.28. The topological polar surface area (TPSA) is 60.4 Å². The summed E-state index contributed by atoms with van der Waals surface area (Å²) in [5.74, 6) is -5.03. The van der Waals surface area contributed by atoms with Crippen LogP contribution in [0.15, 0.2) is 36.4 Å². The number of carboxylic acid groups (broad SMARTS) is 1. The van der Waals surface area contributed by atoms with Gasteiger partial charge >= 0.3 is 0 Å². The third-order valence-corrected chi connectivity index (χ3v) is 2.86. The zero-order valence-corrected chi connectivity index (χ0v) is 13.2. The van der Waals surface area contributed by atoms with E-state index in [9.17, 15) is 32.6 Å². The summed E-state index contributed by atoms with van der Waals surface area (Å²) in [7, 11) is 0. The lowest BCUT2D eigenvalue weighted by Crippen LogP contribution is -2.47. The quantitative estimate of drug-likeness (QED) is 0.642. The minimum atomic E-state index is -3.11. The monoisotopic (exact) mass is 393 g/mol. The lowest BCUT2D eigenvalue weighted by atomic mass is 9.86. The predicted molar refractivity (Wildman–Crippen MR) is 75.6 cm³/mol. The van der Waals surface area contributed by atoms with Gasteiger partial charge in [0.2, 0.25) is 0 Å². The number of carboxylic acids is 1. The Bertz CT molecular complexity index is 630. The summed E-state index contributed by atoms with van der Waals surface area (Å²) in [5, 5.41) is 21.4. The van der Waals surface area contributed by atoms with E-state index in [1.54, 1.807) is 0 Å². The highest BCUT2D eigenvalue weighted by Gasteiger charge is 2.35. The number of benzene rings is 2. The normalized spacial score (nSPS) is 10.7. The van der Waals surface area contributed by atoms with Gasteiger partial charge in [-0.3, -0.25) is 0 Å². The molecule has 0 atom stereocenters. The molecule has 0 aliphatic rings. The van der Waals surface area contributed by atoms with E-state index in [4.69, 9.17) is 0 Å². The second-order valence-corrected chi connectivity index (χ2v) is 4.31. The molecule has 0 aliphatic heterocycles. The van der Waals surface area contributed by atoms with Crippen LogP contribution in [-0.2, 0) is 10.4 Å². The van der Waals surface area contributed by atoms with Gasteiger partial charge in [-0.05, 0) is 41.2 Å². The van der Waals surface area contributed by atoms with E-state index in [1.165, 1.54) is 0 Å². The van der Waals surface area contributed by atoms with Crippen molar-refractivity contribution in [2.75, 3.05) is 5.83 Å². The molecule has 2 aromatic carbocycles. The van der Waals surface area contributed by atoms with Crippen LogP contribution in [0.25, 0.3) is 0 Å². The third kappa shape index (κ3) is 4.08. The summed E-state index contributed by atoms with van der Waals surface area (Å²) in [5.41, 5.74) is -4.62. The second-order valence-electron chi connectivity index (χ2n) is 4.31. The van der Waals surface area contributed by atoms with E-state index in [0.29, 0.717) is 36.4 Å². The van der Waals surface area contributed by atoms with Gasteiger partial charge in [0, 0.05) is 12.1 Å². The average molecular weight is 394 g/mol. The van der Waals surface area contributed by atoms with Crippen molar-refractivity contribution < 1.29 is 32.6 Å². The SMILES string of the molecule is CBr.O=C([O-])C(O)(c1cc(F)cc(F)c1)c1cc(F)cc(F)c1. The predicted octanol–water partition coefficient (Wildman–Crippen LogP) is 2.24. The fraction of sp³-hybridized carbons (Fsp3) is 0.133. The number of halogens is 5. The molecule has 0 saturated heterocycles. The molecule has 0 amide bonds. The number of alkyl halides is 1. The molecule has 0 aromatic heterocycles. The van der Waals surface area contributed by atoms with E-state index in [0.717, 1.165) is 0 Å². The van der Waals surface area contributed by atoms with Crippen LogP contribution < -0.4 is 5.11 Å². The van der Waals surface area contributed by atoms with Crippen molar-refractivity contribution in [1.29, 1.82) is 0 Å². The molecule has 8 heteroatoms. The largest absolute Gasteiger partial charge is 0.546 e. The molecule has 3 nitrogen and oxygen atoms in total. The molecule has 1 N–H and O–H groups in total. The first-order valence-electron chi connectivity index (χ1n) is 5.98. The Morgan fingerprint density at radius 2 is 1.13 bits per heavy atom. The van der Waals surface area contributed by atoms with Crippen molar-refractivity contribution in [3.8, 4) is 0 Å². The number of aliphatic carboxylic acids is 1. The van der Waals surface area contributed by atoms with E-state index in [1.807, 2.05) is 5.83 Å². The number of carbonyl (C=O) groups is 1. The first kappa shape index (κ1) is 19.1. The van der Waals surface area contributed by atoms with Crippen LogP contribution in [0.5, 0.6) is 0 Å². The molecule has 0 saturated carbocycles. The smallest absolute Gasteiger partial charge is 0.155 e. The fourth-order valence-electron chi connectivity index (χ4n) is 1.93. The zero-order chi connectivity index (χ0) is 17.8. The molecule has 0 bridgehead atoms. The molecular formula is C15H10BrF4O3-. The van der Waals surface area contributed by atoms with Crippen molar-refractivity contribution >= 4 is 21.9 Å². The van der Waals surface area contributed by atoms with Crippen LogP contribution in [0.3, 0.4) is 0 Å². The molecule has 0 aliphatic carbocycles. The number of aliphatic hydroxyl groups is 1. The molecule has 2 rings (SSSR count). The molecule has 0 unspecified atom stereocenters. The van der Waals surface area contributed by atoms with Crippen molar-refractivity contribution in [2.24, 2.45) is 0 Å². The summed E-state index contributed by atoms with van der Waals surface area (Å²) in [4.78, 5) is 11.2. The van der Waals surface area contributed by atoms with Crippen LogP contribution in [-0.4, -0.2) is 16.9 Å². The van der Waals surface area contributed by atoms with Crippen LogP contribution in [0, 0.1) is 23.3 Å². The highest BCUT2D eigenvalue weighted by molar-refractivity contribution is 9.08. The minimum absolute atomic E-state index is 0.450. The molecule has 0 heterocycles. The highest BCUT2D eigenvalue weighted by Crippen LogP contribution is 2.31. The van der Waals surface area contributed by atoms with Gasteiger partial charge in [-0.2, -0.15) is 0 Å². The summed E-state index contributed by atoms with van der Waals surface area (Å²) in [6, 6.07) is 3.02. The highest BCUT2D eigenvalue weighted by atomic mass is 79.9. The number of carbonyl (C=O) groups excluding carboxylic acids is 1. The Morgan fingerprint density at radius 1 is 0.870 bits per heavy atom. The molecule has 0 spiro atoms. The van der Waals surface area contributed by atoms with Crippen LogP contribution >= 0.6 is 15.9 Å². The average Bonchev–Trinajstić information content (AvgIpc) is 2.46. The molecule has 2 aromatic rings. The zero-order valence-electron chi connectivity index (χ0n) is 11.6. The van der Waals surface area contributed by atoms with Gasteiger partial charge in [-0.25, -0.2) is 17.6 Å². The number of hydrogen-bond donors (Lipinski definition) is 1. The standard InChI is InChI=1S/C14H8F4O3.CH3Br/c15-9-1-7(2-10(16)5-9)14(21,13(19)20)8-3-11(17)6-12(18)4-8;1-2/h1-6,21H,(H,19,20);1H3/p-1. The van der Waals surface area contributed by atoms with E-state index in [2.05, 4.69) is 15.9 Å². The van der Waals surface area contributed by atoms with Crippen molar-refractivity contribution in [3.05, 3.63) is 70.8 Å². The lowest BCUT2D eigenvalue weighted by Gasteiger charge is -2.30. The Labute approximate surface area is 137 Å². The molecule has 0 radical (unpaired) electrons. The van der Waals surface area contributed by atoms with E-state index in [-0.39, 0.29) is 0 Å². The Balaban J connectivity index is 0.00000127. The molecule has 0 fully saturated rings. The summed E-state index contributed by atoms with van der Waals surface area (Å²) in [6.07, 6.45) is 0. The van der Waals surface area contributed by atoms with E-state index < -0.39 is 46.0 Å². The molecular weight excluding hydrogens is 384 g/mol. The van der Waals surface area contributed by atoms with Crippen LogP contribution in [0.2, 0.25) is 0 Å². The maximum atomic E-state index is 13.2. The maximum Gasteiger partial charge on any atom is 0.155 e. The summed E-state index contributed by atoms with van der Waals surface area (Å²) in [6.45, 7) is 0. The van der Waals surface area contributed by atoms with Gasteiger partial charge < -0.3 is 15.0 Å². The van der Waals surface area contributed by atoms with Gasteiger partial charge in [0.25, 0.3) is 0 Å². The van der Waals surface area contributed by atoms with Gasteiger partial charge in [0.15, 0.2) is 5.60 Å². The third-order valence-electron chi connectivity index (χ3n) is 2.86. The molecule has 23 heavy (non-hydrogen) atoms. The Morgan fingerprint density at radius 3 is 1.35 bits per heavy atom. The first-order chi connectivity index (χ1) is 10.7. The summed E-state index contributed by atoms with van der Waals surface area (Å²) >= 11 is 2.94. The number of hydrogen-bond acceptors (Lipinski definition) is 3. The minimum Gasteiger partial charge on any atom is -0.546 e. The van der Waals surface area contributed by atoms with Crippen molar-refractivity contribution in [1.82, 2.24) is 0 Å². The van der Waals surface area contributed by atoms with Gasteiger partial charge in [0.1, 0.15) is 23.3 Å². The summed E-state index contributed by atoms with van der Waals surface area (Å²) < 4.78 is 52.7. The second kappa shape index (κ2) is 7.56. The lowest BCUT2D eigenvalue weighted by molar-refractivity contribution is -0.322. The first-order valence-corrected chi connectivity index (χ1v) is 7.57. The van der Waals surface area contributed by atoms with Gasteiger partial charge in [-0.1, -0.05) is 15.9 Å². The van der Waals surface area contributed by atoms with Crippen LogP contribution in [0.4, 0.5) is 17.6 Å². The van der Waals surface area contributed by atoms with Gasteiger partial charge in [0.05, 0.1) is 5.97 Å². The Hall–Kier alpha value is -1.93. The van der Waals surface area contributed by atoms with Crippen molar-refractivity contribution in [3.63, 3.8) is 0 Å². The number of rotatable bonds is 3. The van der Waals surface area contributed by atoms with Crippen LogP contribution in [0.1, 0.15) is 11.1 Å². The van der Waals surface area contributed by atoms with Gasteiger partial charge in [-0.15, -0.1) is 0 Å². The molecule has 124 valence electrons. The van der Waals surface area contributed by atoms with Crippen molar-refractivity contribution in [2.45, 2.75) is 5.60 Å². The maximum absolute atomic E-state index is 13.2. The fourth-order valence-corrected chi connectivity index (χ4v) is 1.93. The van der Waals surface area contributed by atoms with E-state index >= 15 is 0 Å².